The fraction of sp³-hybridized carbons (Fsp3) is 0.550. The van der Waals surface area contributed by atoms with Crippen LogP contribution < -0.4 is 9.47 Å². The van der Waals surface area contributed by atoms with Gasteiger partial charge in [-0.25, -0.2) is 0 Å². The van der Waals surface area contributed by atoms with Crippen LogP contribution in [0.2, 0.25) is 0 Å². The molecule has 0 bridgehead atoms. The third-order valence-electron chi connectivity index (χ3n) is 5.14. The van der Waals surface area contributed by atoms with Gasteiger partial charge in [-0.2, -0.15) is 0 Å². The van der Waals surface area contributed by atoms with Gasteiger partial charge in [-0.3, -0.25) is 4.79 Å². The lowest BCUT2D eigenvalue weighted by Gasteiger charge is -2.37. The van der Waals surface area contributed by atoms with Crippen molar-refractivity contribution in [3.8, 4) is 11.5 Å². The number of allylic oxidation sites excluding steroid dienone is 1. The summed E-state index contributed by atoms with van der Waals surface area (Å²) in [6, 6.07) is 5.85. The molecule has 0 aliphatic carbocycles. The molecule has 7 heteroatoms. The normalized spacial score (nSPS) is 25.8. The van der Waals surface area contributed by atoms with E-state index in [9.17, 15) is 9.90 Å². The molecule has 0 unspecified atom stereocenters. The van der Waals surface area contributed by atoms with E-state index >= 15 is 0 Å². The highest BCUT2D eigenvalue weighted by Gasteiger charge is 2.40. The minimum Gasteiger partial charge on any atom is -0.459 e. The largest absolute Gasteiger partial charge is 0.459 e. The van der Waals surface area contributed by atoms with Crippen molar-refractivity contribution in [1.82, 2.24) is 4.90 Å². The molecule has 1 saturated heterocycles. The molecule has 0 spiro atoms. The van der Waals surface area contributed by atoms with Crippen LogP contribution >= 0.6 is 0 Å². The van der Waals surface area contributed by atoms with Gasteiger partial charge >= 0.3 is 0 Å². The maximum atomic E-state index is 12.6. The molecule has 1 N–H and O–H groups in total. The van der Waals surface area contributed by atoms with Crippen LogP contribution in [-0.2, 0) is 14.3 Å². The predicted molar refractivity (Wildman–Crippen MR) is 96.3 cm³/mol. The molecule has 3 aliphatic rings. The zero-order valence-corrected chi connectivity index (χ0v) is 15.4. The molecule has 146 valence electrons. The Morgan fingerprint density at radius 3 is 2.85 bits per heavy atom. The molecule has 0 saturated carbocycles. The van der Waals surface area contributed by atoms with Crippen molar-refractivity contribution in [3.63, 3.8) is 0 Å². The van der Waals surface area contributed by atoms with Gasteiger partial charge < -0.3 is 29.0 Å². The third-order valence-corrected chi connectivity index (χ3v) is 5.14. The number of carbonyl (C=O) groups excluding carboxylic acids is 1. The molecule has 3 atom stereocenters. The second-order valence-electron chi connectivity index (χ2n) is 6.93. The van der Waals surface area contributed by atoms with E-state index in [0.29, 0.717) is 24.5 Å². The Hall–Kier alpha value is -2.25. The highest BCUT2D eigenvalue weighted by Crippen LogP contribution is 2.43. The van der Waals surface area contributed by atoms with Crippen molar-refractivity contribution in [1.29, 1.82) is 0 Å². The number of hydrogen-bond acceptors (Lipinski definition) is 6. The van der Waals surface area contributed by atoms with Crippen molar-refractivity contribution < 1.29 is 28.8 Å². The Bertz CT molecular complexity index is 729. The molecule has 3 aliphatic heterocycles. The van der Waals surface area contributed by atoms with Gasteiger partial charge in [-0.1, -0.05) is 6.07 Å². The lowest BCUT2D eigenvalue weighted by molar-refractivity contribution is -0.168. The number of aliphatic hydroxyl groups is 1. The van der Waals surface area contributed by atoms with Crippen LogP contribution in [0.3, 0.4) is 0 Å². The third kappa shape index (κ3) is 3.75. The molecular weight excluding hydrogens is 350 g/mol. The summed E-state index contributed by atoms with van der Waals surface area (Å²) >= 11 is 0. The monoisotopic (exact) mass is 375 g/mol. The second kappa shape index (κ2) is 7.78. The minimum atomic E-state index is -0.527. The van der Waals surface area contributed by atoms with E-state index in [1.165, 1.54) is 0 Å². The fourth-order valence-corrected chi connectivity index (χ4v) is 3.67. The molecule has 0 radical (unpaired) electrons. The first-order chi connectivity index (χ1) is 13.2. The smallest absolute Gasteiger partial charge is 0.288 e. The highest BCUT2D eigenvalue weighted by molar-refractivity contribution is 5.93. The molecule has 7 nitrogen and oxygen atoms in total. The molecule has 1 aromatic carbocycles. The first kappa shape index (κ1) is 18.1. The summed E-state index contributed by atoms with van der Waals surface area (Å²) in [6.07, 6.45) is 2.74. The van der Waals surface area contributed by atoms with Gasteiger partial charge in [0.1, 0.15) is 0 Å². The van der Waals surface area contributed by atoms with Crippen LogP contribution in [0.4, 0.5) is 0 Å². The van der Waals surface area contributed by atoms with Crippen molar-refractivity contribution in [3.05, 3.63) is 35.6 Å². The lowest BCUT2D eigenvalue weighted by Crippen LogP contribution is -2.37. The molecular formula is C20H25NO6. The van der Waals surface area contributed by atoms with E-state index in [-0.39, 0.29) is 31.1 Å². The zero-order chi connectivity index (χ0) is 18.8. The van der Waals surface area contributed by atoms with Gasteiger partial charge in [-0.05, 0) is 43.5 Å². The first-order valence-corrected chi connectivity index (χ1v) is 9.51. The Labute approximate surface area is 158 Å². The van der Waals surface area contributed by atoms with E-state index in [4.69, 9.17) is 18.9 Å². The zero-order valence-electron chi connectivity index (χ0n) is 15.4. The number of amides is 1. The summed E-state index contributed by atoms with van der Waals surface area (Å²) in [5.41, 5.74) is 1.02. The quantitative estimate of drug-likeness (QED) is 0.735. The van der Waals surface area contributed by atoms with Crippen molar-refractivity contribution in [2.75, 3.05) is 33.1 Å². The van der Waals surface area contributed by atoms with Gasteiger partial charge in [0.25, 0.3) is 5.91 Å². The topological polar surface area (TPSA) is 77.2 Å². The molecule has 1 aromatic rings. The summed E-state index contributed by atoms with van der Waals surface area (Å²) in [4.78, 5) is 14.3. The van der Waals surface area contributed by atoms with Crippen molar-refractivity contribution >= 4 is 5.91 Å². The van der Waals surface area contributed by atoms with Gasteiger partial charge in [0.15, 0.2) is 17.3 Å². The lowest BCUT2D eigenvalue weighted by atomic mass is 9.80. The van der Waals surface area contributed by atoms with Crippen molar-refractivity contribution in [2.24, 2.45) is 5.92 Å². The van der Waals surface area contributed by atoms with Crippen LogP contribution in [-0.4, -0.2) is 55.3 Å². The van der Waals surface area contributed by atoms with Crippen LogP contribution in [0.5, 0.6) is 11.5 Å². The second-order valence-corrected chi connectivity index (χ2v) is 6.93. The number of benzene rings is 1. The van der Waals surface area contributed by atoms with Crippen LogP contribution in [0.15, 0.2) is 30.0 Å². The van der Waals surface area contributed by atoms with Crippen LogP contribution in [0.1, 0.15) is 31.2 Å². The number of fused-ring (bicyclic) bond motifs is 1. The summed E-state index contributed by atoms with van der Waals surface area (Å²) in [5.74, 6) is 1.60. The number of carbonyl (C=O) groups is 1. The molecule has 1 fully saturated rings. The van der Waals surface area contributed by atoms with Gasteiger partial charge in [0, 0.05) is 38.1 Å². The highest BCUT2D eigenvalue weighted by atomic mass is 16.7. The summed E-state index contributed by atoms with van der Waals surface area (Å²) in [6.45, 7) is 4.25. The summed E-state index contributed by atoms with van der Waals surface area (Å²) in [7, 11) is 0. The molecule has 4 rings (SSSR count). The number of ether oxygens (including phenoxy) is 4. The van der Waals surface area contributed by atoms with Crippen LogP contribution in [0, 0.1) is 5.92 Å². The van der Waals surface area contributed by atoms with Crippen LogP contribution in [0.25, 0.3) is 0 Å². The predicted octanol–water partition coefficient (Wildman–Crippen LogP) is 2.01. The average Bonchev–Trinajstić information content (AvgIpc) is 3.43. The maximum absolute atomic E-state index is 12.6. The maximum Gasteiger partial charge on any atom is 0.288 e. The standard InChI is InChI=1S/C20H25NO6/c1-2-24-20-14(4-3-9-22)15(11-18(27-20)19(23)21-7-8-21)13-5-6-16-17(10-13)26-12-25-16/h5-6,10-11,14-15,20,22H,2-4,7-9,12H2,1H3/t14-,15+,20+/m1/s1. The number of nitrogens with zero attached hydrogens (tertiary/aromatic N) is 1. The van der Waals surface area contributed by atoms with E-state index in [2.05, 4.69) is 0 Å². The fourth-order valence-electron chi connectivity index (χ4n) is 3.67. The Balaban J connectivity index is 1.69. The Morgan fingerprint density at radius 1 is 1.30 bits per heavy atom. The number of hydrogen-bond donors (Lipinski definition) is 1. The molecule has 1 amide bonds. The average molecular weight is 375 g/mol. The SMILES string of the molecule is CCO[C@H]1OC(C(=O)N2CC2)=C[C@@H](c2ccc3c(c2)OCO3)[C@H]1CCCO. The number of aliphatic hydroxyl groups excluding tert-OH is 1. The van der Waals surface area contributed by atoms with Gasteiger partial charge in [0.2, 0.25) is 13.1 Å². The van der Waals surface area contributed by atoms with E-state index in [0.717, 1.165) is 30.8 Å². The first-order valence-electron chi connectivity index (χ1n) is 9.51. The number of rotatable bonds is 7. The molecule has 27 heavy (non-hydrogen) atoms. The molecule has 0 aromatic heterocycles. The van der Waals surface area contributed by atoms with E-state index in [1.807, 2.05) is 31.2 Å². The Morgan fingerprint density at radius 2 is 2.11 bits per heavy atom. The summed E-state index contributed by atoms with van der Waals surface area (Å²) in [5, 5.41) is 9.32. The van der Waals surface area contributed by atoms with Gasteiger partial charge in [-0.15, -0.1) is 0 Å². The molecule has 3 heterocycles. The minimum absolute atomic E-state index is 0.0109. The Kier molecular flexibility index (Phi) is 5.22. The van der Waals surface area contributed by atoms with E-state index < -0.39 is 6.29 Å². The van der Waals surface area contributed by atoms with Gasteiger partial charge in [0.05, 0.1) is 0 Å². The van der Waals surface area contributed by atoms with E-state index in [1.54, 1.807) is 4.90 Å². The summed E-state index contributed by atoms with van der Waals surface area (Å²) < 4.78 is 22.7. The van der Waals surface area contributed by atoms with Crippen molar-refractivity contribution in [2.45, 2.75) is 32.0 Å².